The van der Waals surface area contributed by atoms with Crippen LogP contribution in [0, 0.1) is 5.92 Å². The Morgan fingerprint density at radius 3 is 2.94 bits per heavy atom. The van der Waals surface area contributed by atoms with Gasteiger partial charge in [0, 0.05) is 31.6 Å². The third kappa shape index (κ3) is 2.18. The first kappa shape index (κ1) is 12.1. The van der Waals surface area contributed by atoms with Crippen LogP contribution in [0.5, 0.6) is 0 Å². The van der Waals surface area contributed by atoms with Gasteiger partial charge < -0.3 is 5.21 Å². The number of oxime groups is 1. The van der Waals surface area contributed by atoms with Crippen molar-refractivity contribution in [1.29, 1.82) is 0 Å². The Kier molecular flexibility index (Phi) is 3.16. The predicted molar refractivity (Wildman–Crippen MR) is 60.3 cm³/mol. The molecule has 1 aromatic rings. The Bertz CT molecular complexity index is 508. The van der Waals surface area contributed by atoms with E-state index in [1.807, 2.05) is 6.92 Å². The van der Waals surface area contributed by atoms with E-state index in [9.17, 15) is 8.42 Å². The monoisotopic (exact) mass is 258 g/mol. The highest BCUT2D eigenvalue weighted by molar-refractivity contribution is 7.89. The van der Waals surface area contributed by atoms with Gasteiger partial charge in [0.1, 0.15) is 4.90 Å². The van der Waals surface area contributed by atoms with Crippen LogP contribution < -0.4 is 0 Å². The molecule has 2 heterocycles. The number of hydrogen-bond donors (Lipinski definition) is 2. The standard InChI is InChI=1S/C9H14N4O3S/c1-7-6-13(3-2-9(7)12-14)17(15,16)8-4-10-11-5-8/h4-5,7,14H,2-3,6H2,1H3,(H,10,11). The topological polar surface area (TPSA) is 98.7 Å². The van der Waals surface area contributed by atoms with Gasteiger partial charge in [-0.05, 0) is 0 Å². The maximum Gasteiger partial charge on any atom is 0.246 e. The van der Waals surface area contributed by atoms with E-state index in [1.165, 1.54) is 16.7 Å². The second-order valence-corrected chi connectivity index (χ2v) is 5.98. The van der Waals surface area contributed by atoms with Crippen LogP contribution in [0.25, 0.3) is 0 Å². The van der Waals surface area contributed by atoms with Crippen molar-refractivity contribution in [3.63, 3.8) is 0 Å². The molecular weight excluding hydrogens is 244 g/mol. The van der Waals surface area contributed by atoms with Crippen molar-refractivity contribution < 1.29 is 13.6 Å². The highest BCUT2D eigenvalue weighted by atomic mass is 32.2. The Labute approximate surface area is 99.2 Å². The van der Waals surface area contributed by atoms with Crippen LogP contribution in [0.15, 0.2) is 22.4 Å². The van der Waals surface area contributed by atoms with Gasteiger partial charge in [-0.1, -0.05) is 12.1 Å². The van der Waals surface area contributed by atoms with Gasteiger partial charge in [-0.2, -0.15) is 9.40 Å². The molecule has 7 nitrogen and oxygen atoms in total. The zero-order chi connectivity index (χ0) is 12.5. The first-order valence-electron chi connectivity index (χ1n) is 5.25. The molecule has 0 saturated carbocycles. The molecule has 0 radical (unpaired) electrons. The van der Waals surface area contributed by atoms with E-state index in [0.717, 1.165) is 0 Å². The fourth-order valence-corrected chi connectivity index (χ4v) is 3.32. The summed E-state index contributed by atoms with van der Waals surface area (Å²) in [5.41, 5.74) is 0.642. The lowest BCUT2D eigenvalue weighted by Gasteiger charge is -2.30. The molecule has 1 aliphatic heterocycles. The highest BCUT2D eigenvalue weighted by Gasteiger charge is 2.32. The molecule has 1 aliphatic rings. The maximum absolute atomic E-state index is 12.2. The van der Waals surface area contributed by atoms with Crippen molar-refractivity contribution in [1.82, 2.24) is 14.5 Å². The summed E-state index contributed by atoms with van der Waals surface area (Å²) in [6.45, 7) is 2.50. The fourth-order valence-electron chi connectivity index (χ4n) is 1.88. The quantitative estimate of drug-likeness (QED) is 0.587. The highest BCUT2D eigenvalue weighted by Crippen LogP contribution is 2.21. The summed E-state index contributed by atoms with van der Waals surface area (Å²) >= 11 is 0. The zero-order valence-electron chi connectivity index (χ0n) is 9.37. The van der Waals surface area contributed by atoms with Crippen molar-refractivity contribution in [2.24, 2.45) is 11.1 Å². The second-order valence-electron chi connectivity index (χ2n) is 4.04. The molecule has 0 amide bonds. The number of rotatable bonds is 2. The molecule has 0 aliphatic carbocycles. The number of sulfonamides is 1. The molecular formula is C9H14N4O3S. The van der Waals surface area contributed by atoms with Crippen LogP contribution in [0.3, 0.4) is 0 Å². The zero-order valence-corrected chi connectivity index (χ0v) is 10.2. The molecule has 17 heavy (non-hydrogen) atoms. The van der Waals surface area contributed by atoms with Gasteiger partial charge in [0.2, 0.25) is 10.0 Å². The van der Waals surface area contributed by atoms with Crippen molar-refractivity contribution in [2.75, 3.05) is 13.1 Å². The van der Waals surface area contributed by atoms with E-state index in [4.69, 9.17) is 5.21 Å². The summed E-state index contributed by atoms with van der Waals surface area (Å²) in [6, 6.07) is 0. The van der Waals surface area contributed by atoms with Crippen molar-refractivity contribution in [2.45, 2.75) is 18.2 Å². The lowest BCUT2D eigenvalue weighted by molar-refractivity contribution is 0.300. The van der Waals surface area contributed by atoms with Crippen LogP contribution in [-0.4, -0.2) is 46.9 Å². The molecule has 1 saturated heterocycles. The van der Waals surface area contributed by atoms with Crippen LogP contribution >= 0.6 is 0 Å². The average molecular weight is 258 g/mol. The lowest BCUT2D eigenvalue weighted by Crippen LogP contribution is -2.43. The average Bonchev–Trinajstić information content (AvgIpc) is 2.83. The van der Waals surface area contributed by atoms with E-state index in [2.05, 4.69) is 15.4 Å². The minimum atomic E-state index is -3.48. The summed E-state index contributed by atoms with van der Waals surface area (Å²) in [5.74, 6) is -0.0737. The predicted octanol–water partition coefficient (Wildman–Crippen LogP) is 0.270. The molecule has 1 fully saturated rings. The summed E-state index contributed by atoms with van der Waals surface area (Å²) in [6.07, 6.45) is 3.10. The van der Waals surface area contributed by atoms with E-state index in [1.54, 1.807) is 0 Å². The molecule has 1 atom stereocenters. The lowest BCUT2D eigenvalue weighted by atomic mass is 10.00. The third-order valence-corrected chi connectivity index (χ3v) is 4.73. The largest absolute Gasteiger partial charge is 0.411 e. The van der Waals surface area contributed by atoms with Crippen LogP contribution in [0.1, 0.15) is 13.3 Å². The number of nitrogens with zero attached hydrogens (tertiary/aromatic N) is 3. The Morgan fingerprint density at radius 2 is 2.41 bits per heavy atom. The number of hydrogen-bond acceptors (Lipinski definition) is 5. The molecule has 8 heteroatoms. The molecule has 2 N–H and O–H groups in total. The summed E-state index contributed by atoms with van der Waals surface area (Å²) in [4.78, 5) is 0.161. The number of aromatic amines is 1. The molecule has 0 aromatic carbocycles. The first-order valence-corrected chi connectivity index (χ1v) is 6.69. The Hall–Kier alpha value is -1.41. The second kappa shape index (κ2) is 4.46. The van der Waals surface area contributed by atoms with E-state index in [0.29, 0.717) is 25.2 Å². The van der Waals surface area contributed by atoms with Crippen molar-refractivity contribution >= 4 is 15.7 Å². The summed E-state index contributed by atoms with van der Waals surface area (Å²) < 4.78 is 25.7. The number of H-pyrrole nitrogens is 1. The number of aromatic nitrogens is 2. The molecule has 1 aromatic heterocycles. The third-order valence-electron chi connectivity index (χ3n) is 2.90. The van der Waals surface area contributed by atoms with Gasteiger partial charge in [-0.25, -0.2) is 8.42 Å². The van der Waals surface area contributed by atoms with Crippen LogP contribution in [-0.2, 0) is 10.0 Å². The molecule has 1 unspecified atom stereocenters. The molecule has 0 bridgehead atoms. The molecule has 2 rings (SSSR count). The van der Waals surface area contributed by atoms with Gasteiger partial charge >= 0.3 is 0 Å². The number of nitrogens with one attached hydrogen (secondary N) is 1. The smallest absolute Gasteiger partial charge is 0.246 e. The van der Waals surface area contributed by atoms with Gasteiger partial charge in [-0.15, -0.1) is 0 Å². The van der Waals surface area contributed by atoms with Gasteiger partial charge in [0.05, 0.1) is 11.9 Å². The van der Waals surface area contributed by atoms with Gasteiger partial charge in [0.15, 0.2) is 0 Å². The first-order chi connectivity index (χ1) is 8.05. The van der Waals surface area contributed by atoms with Gasteiger partial charge in [0.25, 0.3) is 0 Å². The maximum atomic E-state index is 12.2. The molecule has 0 spiro atoms. The minimum absolute atomic E-state index is 0.0737. The van der Waals surface area contributed by atoms with E-state index >= 15 is 0 Å². The summed E-state index contributed by atoms with van der Waals surface area (Å²) in [5, 5.41) is 18.0. The van der Waals surface area contributed by atoms with Crippen molar-refractivity contribution in [3.8, 4) is 0 Å². The van der Waals surface area contributed by atoms with Crippen molar-refractivity contribution in [3.05, 3.63) is 12.4 Å². The van der Waals surface area contributed by atoms with Gasteiger partial charge in [-0.3, -0.25) is 5.10 Å². The van der Waals surface area contributed by atoms with Crippen LogP contribution in [0.2, 0.25) is 0 Å². The normalized spacial score (nSPS) is 25.2. The minimum Gasteiger partial charge on any atom is -0.411 e. The molecule has 94 valence electrons. The van der Waals surface area contributed by atoms with E-state index < -0.39 is 10.0 Å². The summed E-state index contributed by atoms with van der Waals surface area (Å²) in [7, 11) is -3.48. The van der Waals surface area contributed by atoms with Crippen LogP contribution in [0.4, 0.5) is 0 Å². The Morgan fingerprint density at radius 1 is 1.65 bits per heavy atom. The fraction of sp³-hybridized carbons (Fsp3) is 0.556. The number of piperidine rings is 1. The SMILES string of the molecule is CC1CN(S(=O)(=O)c2cn[nH]c2)CCC1=NO. The Balaban J connectivity index is 2.21. The van der Waals surface area contributed by atoms with E-state index in [-0.39, 0.29) is 10.8 Å².